The lowest BCUT2D eigenvalue weighted by atomic mass is 10.0. The molecule has 0 unspecified atom stereocenters. The summed E-state index contributed by atoms with van der Waals surface area (Å²) in [6.45, 7) is 8.71. The molecule has 6 heteroatoms. The van der Waals surface area contributed by atoms with Crippen molar-refractivity contribution in [2.24, 2.45) is 0 Å². The van der Waals surface area contributed by atoms with Crippen LogP contribution in [-0.2, 0) is 4.79 Å². The Hall–Kier alpha value is -2.53. The molecule has 1 aliphatic rings. The molecule has 1 saturated heterocycles. The molecule has 0 spiro atoms. The van der Waals surface area contributed by atoms with Gasteiger partial charge in [-0.25, -0.2) is 0 Å². The van der Waals surface area contributed by atoms with Gasteiger partial charge in [0.1, 0.15) is 0 Å². The number of hydrogen-bond acceptors (Lipinski definition) is 3. The molecule has 3 rings (SSSR count). The number of nitrogens with zero attached hydrogens (tertiary/aromatic N) is 2. The van der Waals surface area contributed by atoms with Crippen LogP contribution >= 0.6 is 11.6 Å². The number of rotatable bonds is 4. The van der Waals surface area contributed by atoms with Crippen LogP contribution in [0.4, 0.5) is 11.4 Å². The van der Waals surface area contributed by atoms with Gasteiger partial charge < -0.3 is 15.1 Å². The molecule has 0 atom stereocenters. The monoisotopic (exact) mass is 399 g/mol. The van der Waals surface area contributed by atoms with Crippen molar-refractivity contribution >= 4 is 34.8 Å². The van der Waals surface area contributed by atoms with Crippen LogP contribution in [0.2, 0.25) is 5.02 Å². The van der Waals surface area contributed by atoms with E-state index in [0.717, 1.165) is 18.8 Å². The minimum absolute atomic E-state index is 0.102. The van der Waals surface area contributed by atoms with Gasteiger partial charge in [-0.1, -0.05) is 37.6 Å². The maximum atomic E-state index is 12.5. The van der Waals surface area contributed by atoms with Crippen molar-refractivity contribution in [1.29, 1.82) is 0 Å². The Bertz CT molecular complexity index is 857. The van der Waals surface area contributed by atoms with E-state index in [2.05, 4.69) is 24.1 Å². The number of hydrogen-bond donors (Lipinski definition) is 1. The standard InChI is InChI=1S/C22H26ClN3O2/c1-15(2)17-4-6-18(7-5-17)22(28)24-19-8-9-21(20(23)14-19)26-12-10-25(11-13-26)16(3)27/h4-9,14-15H,10-13H2,1-3H3,(H,24,28). The first-order valence-electron chi connectivity index (χ1n) is 9.56. The lowest BCUT2D eigenvalue weighted by molar-refractivity contribution is -0.129. The molecule has 1 aliphatic heterocycles. The Morgan fingerprint density at radius 2 is 1.64 bits per heavy atom. The smallest absolute Gasteiger partial charge is 0.255 e. The molecule has 1 fully saturated rings. The minimum atomic E-state index is -0.158. The first-order chi connectivity index (χ1) is 13.3. The highest BCUT2D eigenvalue weighted by Crippen LogP contribution is 2.30. The van der Waals surface area contributed by atoms with E-state index in [1.54, 1.807) is 13.0 Å². The van der Waals surface area contributed by atoms with Crippen molar-refractivity contribution in [2.75, 3.05) is 36.4 Å². The zero-order valence-corrected chi connectivity index (χ0v) is 17.3. The molecule has 2 aromatic carbocycles. The summed E-state index contributed by atoms with van der Waals surface area (Å²) in [4.78, 5) is 28.0. The molecule has 28 heavy (non-hydrogen) atoms. The van der Waals surface area contributed by atoms with Crippen molar-refractivity contribution < 1.29 is 9.59 Å². The largest absolute Gasteiger partial charge is 0.367 e. The minimum Gasteiger partial charge on any atom is -0.367 e. The molecule has 148 valence electrons. The zero-order valence-electron chi connectivity index (χ0n) is 16.5. The molecule has 0 bridgehead atoms. The summed E-state index contributed by atoms with van der Waals surface area (Å²) < 4.78 is 0. The van der Waals surface area contributed by atoms with E-state index in [-0.39, 0.29) is 11.8 Å². The van der Waals surface area contributed by atoms with Crippen LogP contribution in [0.1, 0.15) is 42.6 Å². The maximum Gasteiger partial charge on any atom is 0.255 e. The summed E-state index contributed by atoms with van der Waals surface area (Å²) >= 11 is 6.47. The summed E-state index contributed by atoms with van der Waals surface area (Å²) in [5.41, 5.74) is 3.40. The van der Waals surface area contributed by atoms with Crippen molar-refractivity contribution in [3.8, 4) is 0 Å². The van der Waals surface area contributed by atoms with Crippen LogP contribution in [-0.4, -0.2) is 42.9 Å². The van der Waals surface area contributed by atoms with Gasteiger partial charge in [-0.3, -0.25) is 9.59 Å². The van der Waals surface area contributed by atoms with Crippen molar-refractivity contribution in [3.63, 3.8) is 0 Å². The molecule has 0 aliphatic carbocycles. The predicted octanol–water partition coefficient (Wildman–Crippen LogP) is 4.38. The highest BCUT2D eigenvalue weighted by Gasteiger charge is 2.20. The molecule has 0 aromatic heterocycles. The Morgan fingerprint density at radius 1 is 1.00 bits per heavy atom. The summed E-state index contributed by atoms with van der Waals surface area (Å²) in [6, 6.07) is 13.2. The van der Waals surface area contributed by atoms with Gasteiger partial charge in [-0.15, -0.1) is 0 Å². The quantitative estimate of drug-likeness (QED) is 0.829. The van der Waals surface area contributed by atoms with Gasteiger partial charge in [0.15, 0.2) is 0 Å². The number of benzene rings is 2. The summed E-state index contributed by atoms with van der Waals surface area (Å²) in [6.07, 6.45) is 0. The van der Waals surface area contributed by atoms with Crippen molar-refractivity contribution in [2.45, 2.75) is 26.7 Å². The van der Waals surface area contributed by atoms with Gasteiger partial charge in [0, 0.05) is 44.4 Å². The number of anilines is 2. The first kappa shape index (κ1) is 20.2. The second-order valence-electron chi connectivity index (χ2n) is 7.39. The van der Waals surface area contributed by atoms with E-state index in [1.165, 1.54) is 5.56 Å². The second kappa shape index (κ2) is 8.65. The van der Waals surface area contributed by atoms with E-state index in [1.807, 2.05) is 41.3 Å². The van der Waals surface area contributed by atoms with Gasteiger partial charge in [0.2, 0.25) is 5.91 Å². The molecular weight excluding hydrogens is 374 g/mol. The van der Waals surface area contributed by atoms with Gasteiger partial charge >= 0.3 is 0 Å². The molecule has 0 radical (unpaired) electrons. The van der Waals surface area contributed by atoms with Crippen LogP contribution in [0.3, 0.4) is 0 Å². The summed E-state index contributed by atoms with van der Waals surface area (Å²) in [5, 5.41) is 3.49. The third-order valence-electron chi connectivity index (χ3n) is 5.11. The predicted molar refractivity (Wildman–Crippen MR) is 114 cm³/mol. The number of carbonyl (C=O) groups is 2. The average Bonchev–Trinajstić information content (AvgIpc) is 2.68. The number of amides is 2. The van der Waals surface area contributed by atoms with Gasteiger partial charge in [0.25, 0.3) is 5.91 Å². The average molecular weight is 400 g/mol. The van der Waals surface area contributed by atoms with E-state index in [0.29, 0.717) is 35.3 Å². The van der Waals surface area contributed by atoms with Crippen LogP contribution in [0.15, 0.2) is 42.5 Å². The summed E-state index contributed by atoms with van der Waals surface area (Å²) in [5.74, 6) is 0.375. The molecule has 5 nitrogen and oxygen atoms in total. The summed E-state index contributed by atoms with van der Waals surface area (Å²) in [7, 11) is 0. The van der Waals surface area contributed by atoms with Crippen molar-refractivity contribution in [1.82, 2.24) is 4.90 Å². The fourth-order valence-corrected chi connectivity index (χ4v) is 3.63. The van der Waals surface area contributed by atoms with Crippen LogP contribution in [0.25, 0.3) is 0 Å². The Labute approximate surface area is 171 Å². The lowest BCUT2D eigenvalue weighted by Crippen LogP contribution is -2.48. The van der Waals surface area contributed by atoms with Crippen LogP contribution in [0.5, 0.6) is 0 Å². The highest BCUT2D eigenvalue weighted by atomic mass is 35.5. The third kappa shape index (κ3) is 4.65. The van der Waals surface area contributed by atoms with E-state index in [4.69, 9.17) is 11.6 Å². The molecule has 0 saturated carbocycles. The first-order valence-corrected chi connectivity index (χ1v) is 9.94. The fourth-order valence-electron chi connectivity index (χ4n) is 3.33. The number of carbonyl (C=O) groups excluding carboxylic acids is 2. The molecule has 1 N–H and O–H groups in total. The van der Waals surface area contributed by atoms with Gasteiger partial charge in [-0.05, 0) is 41.8 Å². The van der Waals surface area contributed by atoms with E-state index in [9.17, 15) is 9.59 Å². The highest BCUT2D eigenvalue weighted by molar-refractivity contribution is 6.33. The van der Waals surface area contributed by atoms with Crippen LogP contribution < -0.4 is 10.2 Å². The maximum absolute atomic E-state index is 12.5. The number of nitrogens with one attached hydrogen (secondary N) is 1. The second-order valence-corrected chi connectivity index (χ2v) is 7.80. The Balaban J connectivity index is 1.65. The van der Waals surface area contributed by atoms with E-state index < -0.39 is 0 Å². The molecule has 2 aromatic rings. The molecule has 2 amide bonds. The molecule has 1 heterocycles. The third-order valence-corrected chi connectivity index (χ3v) is 5.41. The number of halogens is 1. The lowest BCUT2D eigenvalue weighted by Gasteiger charge is -2.36. The zero-order chi connectivity index (χ0) is 20.3. The van der Waals surface area contributed by atoms with Gasteiger partial charge in [-0.2, -0.15) is 0 Å². The van der Waals surface area contributed by atoms with Crippen LogP contribution in [0, 0.1) is 0 Å². The van der Waals surface area contributed by atoms with Crippen molar-refractivity contribution in [3.05, 3.63) is 58.6 Å². The SMILES string of the molecule is CC(=O)N1CCN(c2ccc(NC(=O)c3ccc(C(C)C)cc3)cc2Cl)CC1. The normalized spacial score (nSPS) is 14.3. The topological polar surface area (TPSA) is 52.7 Å². The van der Waals surface area contributed by atoms with E-state index >= 15 is 0 Å². The van der Waals surface area contributed by atoms with Gasteiger partial charge in [0.05, 0.1) is 10.7 Å². The Kier molecular flexibility index (Phi) is 6.25. The number of piperazine rings is 1. The Morgan fingerprint density at radius 3 is 2.18 bits per heavy atom. The molecular formula is C22H26ClN3O2. The fraction of sp³-hybridized carbons (Fsp3) is 0.364.